The molecule has 0 fully saturated rings. The van der Waals surface area contributed by atoms with Gasteiger partial charge in [-0.15, -0.1) is 0 Å². The molecule has 1 rings (SSSR count). The van der Waals surface area contributed by atoms with Crippen molar-refractivity contribution in [3.05, 3.63) is 28.3 Å². The first-order chi connectivity index (χ1) is 8.01. The van der Waals surface area contributed by atoms with Gasteiger partial charge in [-0.25, -0.2) is 0 Å². The van der Waals surface area contributed by atoms with Gasteiger partial charge in [-0.2, -0.15) is 0 Å². The van der Waals surface area contributed by atoms with Crippen LogP contribution in [0.2, 0.25) is 5.02 Å². The molecule has 0 spiro atoms. The van der Waals surface area contributed by atoms with Crippen LogP contribution in [0.15, 0.2) is 12.1 Å². The molecule has 0 aliphatic heterocycles. The first-order valence-corrected chi connectivity index (χ1v) is 7.44. The number of hydrogen-bond donors (Lipinski definition) is 0. The van der Waals surface area contributed by atoms with Gasteiger partial charge >= 0.3 is 0 Å². The fourth-order valence-corrected chi connectivity index (χ4v) is 2.91. The molecule has 1 nitrogen and oxygen atoms in total. The molecule has 0 heterocycles. The molecule has 0 saturated carbocycles. The van der Waals surface area contributed by atoms with E-state index in [1.54, 1.807) is 7.11 Å². The molecule has 0 amide bonds. The van der Waals surface area contributed by atoms with Crippen LogP contribution in [-0.2, 0) is 0 Å². The zero-order chi connectivity index (χ0) is 13.0. The minimum Gasteiger partial charge on any atom is -0.496 e. The number of rotatable bonds is 5. The lowest BCUT2D eigenvalue weighted by Crippen LogP contribution is -2.03. The van der Waals surface area contributed by atoms with Gasteiger partial charge in [0.15, 0.2) is 0 Å². The number of halogens is 2. The second-order valence-corrected chi connectivity index (χ2v) is 5.88. The summed E-state index contributed by atoms with van der Waals surface area (Å²) >= 11 is 9.69. The summed E-state index contributed by atoms with van der Waals surface area (Å²) in [5.41, 5.74) is 2.40. The summed E-state index contributed by atoms with van der Waals surface area (Å²) in [5, 5.41) is 1.78. The van der Waals surface area contributed by atoms with E-state index < -0.39 is 0 Å². The molecule has 96 valence electrons. The van der Waals surface area contributed by atoms with E-state index >= 15 is 0 Å². The lowest BCUT2D eigenvalue weighted by Gasteiger charge is -2.20. The fraction of sp³-hybridized carbons (Fsp3) is 0.571. The highest BCUT2D eigenvalue weighted by atomic mass is 79.9. The maximum Gasteiger partial charge on any atom is 0.125 e. The van der Waals surface area contributed by atoms with Crippen LogP contribution in [0, 0.1) is 0 Å². The zero-order valence-electron chi connectivity index (χ0n) is 10.9. The van der Waals surface area contributed by atoms with E-state index in [1.807, 2.05) is 12.1 Å². The summed E-state index contributed by atoms with van der Waals surface area (Å²) in [5.74, 6) is 1.86. The largest absolute Gasteiger partial charge is 0.496 e. The van der Waals surface area contributed by atoms with Crippen LogP contribution in [0.3, 0.4) is 0 Å². The molecule has 1 unspecified atom stereocenters. The van der Waals surface area contributed by atoms with Gasteiger partial charge in [0.1, 0.15) is 5.75 Å². The van der Waals surface area contributed by atoms with Crippen LogP contribution in [0.5, 0.6) is 5.75 Å². The van der Waals surface area contributed by atoms with Crippen molar-refractivity contribution < 1.29 is 4.74 Å². The Morgan fingerprint density at radius 1 is 1.24 bits per heavy atom. The third-order valence-corrected chi connectivity index (χ3v) is 3.69. The Bertz CT molecular complexity index is 377. The monoisotopic (exact) mass is 318 g/mol. The summed E-state index contributed by atoms with van der Waals surface area (Å²) in [6, 6.07) is 4.04. The summed E-state index contributed by atoms with van der Waals surface area (Å²) < 4.78 is 5.59. The van der Waals surface area contributed by atoms with Crippen molar-refractivity contribution in [3.63, 3.8) is 0 Å². The Kier molecular flexibility index (Phi) is 5.81. The van der Waals surface area contributed by atoms with E-state index in [4.69, 9.17) is 16.3 Å². The van der Waals surface area contributed by atoms with Crippen LogP contribution in [0.25, 0.3) is 0 Å². The van der Waals surface area contributed by atoms with Crippen molar-refractivity contribution in [1.82, 2.24) is 0 Å². The molecule has 0 N–H and O–H groups in total. The van der Waals surface area contributed by atoms with E-state index in [0.717, 1.165) is 22.5 Å². The smallest absolute Gasteiger partial charge is 0.125 e. The molecule has 3 heteroatoms. The van der Waals surface area contributed by atoms with Crippen LogP contribution in [0.4, 0.5) is 0 Å². The second kappa shape index (κ2) is 6.65. The summed E-state index contributed by atoms with van der Waals surface area (Å²) in [7, 11) is 1.74. The normalized spacial score (nSPS) is 12.9. The summed E-state index contributed by atoms with van der Waals surface area (Å²) in [4.78, 5) is 0. The number of alkyl halides is 1. The first kappa shape index (κ1) is 14.8. The fourth-order valence-electron chi connectivity index (χ4n) is 1.99. The third-order valence-electron chi connectivity index (χ3n) is 3.01. The predicted octanol–water partition coefficient (Wildman–Crippen LogP) is 5.36. The molecule has 1 aromatic carbocycles. The lowest BCUT2D eigenvalue weighted by molar-refractivity contribution is 0.399. The van der Waals surface area contributed by atoms with Crippen molar-refractivity contribution in [3.8, 4) is 5.75 Å². The minimum atomic E-state index is 0.415. The molecule has 0 aliphatic carbocycles. The van der Waals surface area contributed by atoms with E-state index in [2.05, 4.69) is 36.7 Å². The van der Waals surface area contributed by atoms with Crippen LogP contribution in [0.1, 0.15) is 50.2 Å². The van der Waals surface area contributed by atoms with Crippen molar-refractivity contribution in [2.75, 3.05) is 12.4 Å². The summed E-state index contributed by atoms with van der Waals surface area (Å²) in [6.45, 7) is 6.53. The zero-order valence-corrected chi connectivity index (χ0v) is 13.2. The van der Waals surface area contributed by atoms with Crippen molar-refractivity contribution in [2.24, 2.45) is 0 Å². The molecular weight excluding hydrogens is 300 g/mol. The van der Waals surface area contributed by atoms with Crippen LogP contribution < -0.4 is 4.74 Å². The van der Waals surface area contributed by atoms with Gasteiger partial charge in [0.25, 0.3) is 0 Å². The Balaban J connectivity index is 3.27. The Morgan fingerprint density at radius 3 is 2.29 bits per heavy atom. The van der Waals surface area contributed by atoms with Crippen LogP contribution in [-0.4, -0.2) is 12.4 Å². The molecule has 0 aliphatic rings. The predicted molar refractivity (Wildman–Crippen MR) is 78.9 cm³/mol. The van der Waals surface area contributed by atoms with Gasteiger partial charge in [-0.3, -0.25) is 0 Å². The molecule has 0 bridgehead atoms. The van der Waals surface area contributed by atoms with Gasteiger partial charge in [-0.05, 0) is 41.5 Å². The van der Waals surface area contributed by atoms with Gasteiger partial charge in [0, 0.05) is 10.4 Å². The van der Waals surface area contributed by atoms with E-state index in [-0.39, 0.29) is 0 Å². The highest BCUT2D eigenvalue weighted by Crippen LogP contribution is 2.38. The molecule has 17 heavy (non-hydrogen) atoms. The summed E-state index contributed by atoms with van der Waals surface area (Å²) in [6.07, 6.45) is 1.08. The lowest BCUT2D eigenvalue weighted by atomic mass is 9.92. The molecule has 0 radical (unpaired) electrons. The average Bonchev–Trinajstić information content (AvgIpc) is 2.28. The maximum absolute atomic E-state index is 6.20. The van der Waals surface area contributed by atoms with E-state index in [0.29, 0.717) is 11.8 Å². The van der Waals surface area contributed by atoms with Gasteiger partial charge in [0.05, 0.1) is 7.11 Å². The molecule has 0 aromatic heterocycles. The van der Waals surface area contributed by atoms with Gasteiger partial charge in [-0.1, -0.05) is 48.3 Å². The number of ether oxygens (including phenoxy) is 1. The topological polar surface area (TPSA) is 9.23 Å². The van der Waals surface area contributed by atoms with Crippen LogP contribution >= 0.6 is 27.5 Å². The minimum absolute atomic E-state index is 0.415. The van der Waals surface area contributed by atoms with E-state index in [9.17, 15) is 0 Å². The number of benzene rings is 1. The highest BCUT2D eigenvalue weighted by molar-refractivity contribution is 9.09. The molecule has 1 aromatic rings. The quantitative estimate of drug-likeness (QED) is 0.664. The van der Waals surface area contributed by atoms with E-state index in [1.165, 1.54) is 11.1 Å². The Labute approximate surface area is 118 Å². The molecule has 1 atom stereocenters. The van der Waals surface area contributed by atoms with Crippen molar-refractivity contribution >= 4 is 27.5 Å². The van der Waals surface area contributed by atoms with Gasteiger partial charge in [0.2, 0.25) is 0 Å². The first-order valence-electron chi connectivity index (χ1n) is 5.94. The van der Waals surface area contributed by atoms with Gasteiger partial charge < -0.3 is 4.74 Å². The Hall–Kier alpha value is -0.210. The molecule has 0 saturated heterocycles. The standard InChI is InChI=1S/C14H20BrClO/c1-9(2)12-7-11(16)8-13(14(12)17-4)10(3)5-6-15/h7-10H,5-6H2,1-4H3. The number of hydrogen-bond acceptors (Lipinski definition) is 1. The maximum atomic E-state index is 6.20. The third kappa shape index (κ3) is 3.62. The highest BCUT2D eigenvalue weighted by Gasteiger charge is 2.17. The SMILES string of the molecule is COc1c(C(C)C)cc(Cl)cc1C(C)CCBr. The Morgan fingerprint density at radius 2 is 1.82 bits per heavy atom. The number of methoxy groups -OCH3 is 1. The van der Waals surface area contributed by atoms with Crippen molar-refractivity contribution in [2.45, 2.75) is 39.0 Å². The molecular formula is C14H20BrClO. The average molecular weight is 320 g/mol. The van der Waals surface area contributed by atoms with Crippen molar-refractivity contribution in [1.29, 1.82) is 0 Å². The second-order valence-electron chi connectivity index (χ2n) is 4.65.